The summed E-state index contributed by atoms with van der Waals surface area (Å²) in [6.45, 7) is 7.19. The zero-order valence-corrected chi connectivity index (χ0v) is 9.55. The van der Waals surface area contributed by atoms with E-state index in [4.69, 9.17) is 0 Å². The maximum atomic E-state index is 3.81. The van der Waals surface area contributed by atoms with Gasteiger partial charge < -0.3 is 10.6 Å². The second kappa shape index (κ2) is 4.63. The van der Waals surface area contributed by atoms with Crippen LogP contribution in [0, 0.1) is 11.8 Å². The van der Waals surface area contributed by atoms with Crippen molar-refractivity contribution >= 4 is 0 Å². The van der Waals surface area contributed by atoms with Crippen LogP contribution in [-0.4, -0.2) is 25.2 Å². The third-order valence-corrected chi connectivity index (χ3v) is 4.13. The second-order valence-electron chi connectivity index (χ2n) is 5.32. The maximum absolute atomic E-state index is 3.81. The molecule has 0 aromatic carbocycles. The molecule has 2 heteroatoms. The average molecular weight is 196 g/mol. The predicted molar refractivity (Wildman–Crippen MR) is 60.4 cm³/mol. The highest BCUT2D eigenvalue weighted by atomic mass is 15.0. The molecule has 0 aromatic heterocycles. The van der Waals surface area contributed by atoms with E-state index < -0.39 is 0 Å². The van der Waals surface area contributed by atoms with Crippen molar-refractivity contribution in [2.45, 2.75) is 51.6 Å². The van der Waals surface area contributed by atoms with Gasteiger partial charge in [0.15, 0.2) is 0 Å². The van der Waals surface area contributed by atoms with E-state index >= 15 is 0 Å². The minimum absolute atomic E-state index is 0.751. The molecule has 0 aromatic rings. The molecule has 4 atom stereocenters. The van der Waals surface area contributed by atoms with Crippen LogP contribution < -0.4 is 10.6 Å². The van der Waals surface area contributed by atoms with Gasteiger partial charge in [0.05, 0.1) is 0 Å². The van der Waals surface area contributed by atoms with E-state index in [9.17, 15) is 0 Å². The van der Waals surface area contributed by atoms with Gasteiger partial charge in [0, 0.05) is 18.6 Å². The van der Waals surface area contributed by atoms with Crippen molar-refractivity contribution in [3.8, 4) is 0 Å². The predicted octanol–water partition coefficient (Wildman–Crippen LogP) is 1.76. The van der Waals surface area contributed by atoms with Crippen LogP contribution in [0.4, 0.5) is 0 Å². The lowest BCUT2D eigenvalue weighted by molar-refractivity contribution is 0.217. The molecule has 2 nitrogen and oxygen atoms in total. The van der Waals surface area contributed by atoms with Crippen LogP contribution in [0.25, 0.3) is 0 Å². The molecule has 1 heterocycles. The topological polar surface area (TPSA) is 24.1 Å². The summed E-state index contributed by atoms with van der Waals surface area (Å²) in [7, 11) is 0. The molecular formula is C12H24N2. The zero-order chi connectivity index (χ0) is 9.97. The van der Waals surface area contributed by atoms with Crippen molar-refractivity contribution in [2.24, 2.45) is 11.8 Å². The van der Waals surface area contributed by atoms with Gasteiger partial charge in [0.1, 0.15) is 0 Å². The molecule has 14 heavy (non-hydrogen) atoms. The summed E-state index contributed by atoms with van der Waals surface area (Å²) in [5.74, 6) is 1.85. The Hall–Kier alpha value is -0.0800. The molecule has 4 unspecified atom stereocenters. The fraction of sp³-hybridized carbons (Fsp3) is 1.00. The molecule has 82 valence electrons. The summed E-state index contributed by atoms with van der Waals surface area (Å²) in [4.78, 5) is 0. The second-order valence-corrected chi connectivity index (χ2v) is 5.32. The van der Waals surface area contributed by atoms with Crippen molar-refractivity contribution in [2.75, 3.05) is 13.1 Å². The quantitative estimate of drug-likeness (QED) is 0.703. The molecule has 1 aliphatic heterocycles. The number of nitrogens with one attached hydrogen (secondary N) is 2. The molecule has 1 saturated carbocycles. The van der Waals surface area contributed by atoms with Gasteiger partial charge >= 0.3 is 0 Å². The van der Waals surface area contributed by atoms with Crippen LogP contribution in [-0.2, 0) is 0 Å². The summed E-state index contributed by atoms with van der Waals surface area (Å²) >= 11 is 0. The summed E-state index contributed by atoms with van der Waals surface area (Å²) in [5.41, 5.74) is 0. The molecule has 1 saturated heterocycles. The van der Waals surface area contributed by atoms with Crippen LogP contribution in [0.1, 0.15) is 39.5 Å². The van der Waals surface area contributed by atoms with Crippen LogP contribution in [0.15, 0.2) is 0 Å². The molecule has 0 spiro atoms. The highest BCUT2D eigenvalue weighted by molar-refractivity contribution is 4.85. The summed E-state index contributed by atoms with van der Waals surface area (Å²) < 4.78 is 0. The first-order valence-electron chi connectivity index (χ1n) is 6.22. The van der Waals surface area contributed by atoms with Crippen molar-refractivity contribution in [1.29, 1.82) is 0 Å². The Kier molecular flexibility index (Phi) is 3.45. The van der Waals surface area contributed by atoms with Gasteiger partial charge in [-0.25, -0.2) is 0 Å². The Bertz CT molecular complexity index is 175. The van der Waals surface area contributed by atoms with E-state index in [2.05, 4.69) is 24.5 Å². The van der Waals surface area contributed by atoms with Crippen LogP contribution >= 0.6 is 0 Å². The van der Waals surface area contributed by atoms with Gasteiger partial charge in [0.25, 0.3) is 0 Å². The molecule has 2 N–H and O–H groups in total. The van der Waals surface area contributed by atoms with E-state index in [0.717, 1.165) is 23.9 Å². The summed E-state index contributed by atoms with van der Waals surface area (Å²) in [6.07, 6.45) is 5.51. The summed E-state index contributed by atoms with van der Waals surface area (Å²) in [6, 6.07) is 1.55. The first-order chi connectivity index (χ1) is 6.75. The Morgan fingerprint density at radius 1 is 1.00 bits per heavy atom. The van der Waals surface area contributed by atoms with E-state index in [1.54, 1.807) is 0 Å². The largest absolute Gasteiger partial charge is 0.315 e. The van der Waals surface area contributed by atoms with Crippen molar-refractivity contribution in [1.82, 2.24) is 10.6 Å². The number of hydrogen-bond donors (Lipinski definition) is 2. The molecule has 2 aliphatic rings. The fourth-order valence-corrected chi connectivity index (χ4v) is 2.83. The van der Waals surface area contributed by atoms with Crippen molar-refractivity contribution in [3.05, 3.63) is 0 Å². The van der Waals surface area contributed by atoms with E-state index in [0.29, 0.717) is 0 Å². The minimum Gasteiger partial charge on any atom is -0.315 e. The fourth-order valence-electron chi connectivity index (χ4n) is 2.83. The highest BCUT2D eigenvalue weighted by Crippen LogP contribution is 2.29. The average Bonchev–Trinajstić information content (AvgIpc) is 2.64. The SMILES string of the molecule is CC1CCC(NC2CCNC2)CC1C. The Balaban J connectivity index is 1.75. The number of rotatable bonds is 2. The third kappa shape index (κ3) is 2.48. The Morgan fingerprint density at radius 3 is 2.50 bits per heavy atom. The molecular weight excluding hydrogens is 172 g/mol. The standard InChI is InChI=1S/C12H24N2/c1-9-3-4-11(7-10(9)2)14-12-5-6-13-8-12/h9-14H,3-8H2,1-2H3. The number of hydrogen-bond acceptors (Lipinski definition) is 2. The van der Waals surface area contributed by atoms with Crippen LogP contribution in [0.3, 0.4) is 0 Å². The lowest BCUT2D eigenvalue weighted by Crippen LogP contribution is -2.43. The van der Waals surface area contributed by atoms with Gasteiger partial charge in [-0.2, -0.15) is 0 Å². The van der Waals surface area contributed by atoms with Crippen molar-refractivity contribution < 1.29 is 0 Å². The van der Waals surface area contributed by atoms with Crippen molar-refractivity contribution in [3.63, 3.8) is 0 Å². The zero-order valence-electron chi connectivity index (χ0n) is 9.55. The van der Waals surface area contributed by atoms with Crippen LogP contribution in [0.2, 0.25) is 0 Å². The van der Waals surface area contributed by atoms with Gasteiger partial charge in [-0.3, -0.25) is 0 Å². The first-order valence-corrected chi connectivity index (χ1v) is 6.22. The monoisotopic (exact) mass is 196 g/mol. The molecule has 0 amide bonds. The van der Waals surface area contributed by atoms with E-state index in [1.165, 1.54) is 38.8 Å². The maximum Gasteiger partial charge on any atom is 0.0207 e. The van der Waals surface area contributed by atoms with Gasteiger partial charge in [0.2, 0.25) is 0 Å². The highest BCUT2D eigenvalue weighted by Gasteiger charge is 2.26. The smallest absolute Gasteiger partial charge is 0.0207 e. The van der Waals surface area contributed by atoms with Gasteiger partial charge in [-0.15, -0.1) is 0 Å². The Morgan fingerprint density at radius 2 is 1.86 bits per heavy atom. The summed E-state index contributed by atoms with van der Waals surface area (Å²) in [5, 5.41) is 7.23. The molecule has 0 radical (unpaired) electrons. The lowest BCUT2D eigenvalue weighted by Gasteiger charge is -2.34. The van der Waals surface area contributed by atoms with Gasteiger partial charge in [-0.1, -0.05) is 13.8 Å². The lowest BCUT2D eigenvalue weighted by atomic mass is 9.79. The first kappa shape index (κ1) is 10.4. The molecule has 1 aliphatic carbocycles. The third-order valence-electron chi connectivity index (χ3n) is 4.13. The molecule has 0 bridgehead atoms. The normalized spacial score (nSPS) is 44.1. The molecule has 2 rings (SSSR count). The minimum atomic E-state index is 0.751. The van der Waals surface area contributed by atoms with Crippen LogP contribution in [0.5, 0.6) is 0 Å². The van der Waals surface area contributed by atoms with E-state index in [1.807, 2.05) is 0 Å². The molecule has 2 fully saturated rings. The Labute approximate surface area is 87.8 Å². The van der Waals surface area contributed by atoms with Gasteiger partial charge in [-0.05, 0) is 44.1 Å². The van der Waals surface area contributed by atoms with E-state index in [-0.39, 0.29) is 0 Å².